The van der Waals surface area contributed by atoms with Gasteiger partial charge in [-0.1, -0.05) is 6.58 Å². The molecule has 0 amide bonds. The van der Waals surface area contributed by atoms with Gasteiger partial charge in [0.15, 0.2) is 0 Å². The molecule has 1 atom stereocenters. The van der Waals surface area contributed by atoms with Crippen molar-refractivity contribution in [1.29, 1.82) is 0 Å². The van der Waals surface area contributed by atoms with Crippen LogP contribution in [0.15, 0.2) is 12.7 Å². The molecule has 0 fully saturated rings. The summed E-state index contributed by atoms with van der Waals surface area (Å²) in [6.07, 6.45) is 0.972. The van der Waals surface area contributed by atoms with Crippen molar-refractivity contribution >= 4 is 13.8 Å². The minimum atomic E-state index is -4.38. The summed E-state index contributed by atoms with van der Waals surface area (Å²) in [5, 5.41) is 0. The van der Waals surface area contributed by atoms with Crippen molar-refractivity contribution in [3.05, 3.63) is 12.7 Å². The first kappa shape index (κ1) is 15.3. The molecule has 1 unspecified atom stereocenters. The van der Waals surface area contributed by atoms with Gasteiger partial charge in [0.2, 0.25) is 0 Å². The SMILES string of the molecule is C=CC(=O)OCCOP(=O)([O-])O[N+](C)(C)C. The number of ether oxygens (including phenoxy) is 1. The van der Waals surface area contributed by atoms with Crippen LogP contribution in [-0.4, -0.2) is 45.0 Å². The lowest BCUT2D eigenvalue weighted by Gasteiger charge is -2.29. The minimum absolute atomic E-state index is 0.183. The molecule has 0 bridgehead atoms. The van der Waals surface area contributed by atoms with E-state index >= 15 is 0 Å². The highest BCUT2D eigenvalue weighted by Crippen LogP contribution is 2.40. The molecule has 7 nitrogen and oxygen atoms in total. The lowest BCUT2D eigenvalue weighted by Crippen LogP contribution is -2.35. The van der Waals surface area contributed by atoms with E-state index in [-0.39, 0.29) is 17.9 Å². The van der Waals surface area contributed by atoms with Gasteiger partial charge in [0.1, 0.15) is 6.61 Å². The number of phosphoric acid groups is 1. The van der Waals surface area contributed by atoms with Crippen LogP contribution in [0.5, 0.6) is 0 Å². The molecule has 0 rings (SSSR count). The van der Waals surface area contributed by atoms with Crippen LogP contribution in [0, 0.1) is 0 Å². The molecule has 8 heteroatoms. The van der Waals surface area contributed by atoms with E-state index in [2.05, 4.69) is 20.5 Å². The van der Waals surface area contributed by atoms with Crippen LogP contribution >= 0.6 is 7.82 Å². The van der Waals surface area contributed by atoms with Gasteiger partial charge in [-0.3, -0.25) is 4.57 Å². The Labute approximate surface area is 94.4 Å². The molecule has 16 heavy (non-hydrogen) atoms. The molecule has 94 valence electrons. The van der Waals surface area contributed by atoms with Gasteiger partial charge in [0, 0.05) is 6.08 Å². The lowest BCUT2D eigenvalue weighted by atomic mass is 10.6. The minimum Gasteiger partial charge on any atom is -0.752 e. The maximum Gasteiger partial charge on any atom is 0.330 e. The molecule has 0 N–H and O–H groups in total. The molecule has 0 saturated heterocycles. The third-order valence-electron chi connectivity index (χ3n) is 1.09. The molecular weight excluding hydrogens is 237 g/mol. The number of quaternary nitrogens is 1. The second-order valence-corrected chi connectivity index (χ2v) is 4.94. The fourth-order valence-corrected chi connectivity index (χ4v) is 1.62. The van der Waals surface area contributed by atoms with Crippen LogP contribution in [0.3, 0.4) is 0 Å². The number of esters is 1. The topological polar surface area (TPSA) is 84.9 Å². The zero-order valence-electron chi connectivity index (χ0n) is 9.54. The average Bonchev–Trinajstić information content (AvgIpc) is 2.08. The fourth-order valence-electron chi connectivity index (χ4n) is 0.674. The van der Waals surface area contributed by atoms with Crippen LogP contribution < -0.4 is 4.89 Å². The third-order valence-corrected chi connectivity index (χ3v) is 2.28. The molecule has 0 aliphatic heterocycles. The Morgan fingerprint density at radius 3 is 2.44 bits per heavy atom. The molecule has 0 saturated carbocycles. The molecule has 0 aliphatic carbocycles. The Hall–Kier alpha value is -0.720. The summed E-state index contributed by atoms with van der Waals surface area (Å²) >= 11 is 0. The second-order valence-electron chi connectivity index (χ2n) is 3.62. The van der Waals surface area contributed by atoms with Crippen molar-refractivity contribution in [3.63, 3.8) is 0 Å². The van der Waals surface area contributed by atoms with Gasteiger partial charge in [0.25, 0.3) is 0 Å². The van der Waals surface area contributed by atoms with Gasteiger partial charge in [0.05, 0.1) is 27.7 Å². The highest BCUT2D eigenvalue weighted by molar-refractivity contribution is 7.45. The van der Waals surface area contributed by atoms with E-state index in [9.17, 15) is 14.3 Å². The van der Waals surface area contributed by atoms with Crippen LogP contribution in [0.2, 0.25) is 0 Å². The average molecular weight is 253 g/mol. The normalized spacial score (nSPS) is 15.2. The number of rotatable bonds is 7. The molecule has 0 heterocycles. The number of nitrogens with zero attached hydrogens (tertiary/aromatic N) is 1. The van der Waals surface area contributed by atoms with Crippen molar-refractivity contribution in [1.82, 2.24) is 0 Å². The summed E-state index contributed by atoms with van der Waals surface area (Å²) in [5.41, 5.74) is 0. The quantitative estimate of drug-likeness (QED) is 0.156. The first-order valence-corrected chi connectivity index (χ1v) is 5.90. The van der Waals surface area contributed by atoms with Gasteiger partial charge >= 0.3 is 13.8 Å². The Morgan fingerprint density at radius 2 is 2.00 bits per heavy atom. The van der Waals surface area contributed by atoms with E-state index in [4.69, 9.17) is 0 Å². The summed E-state index contributed by atoms with van der Waals surface area (Å²) < 4.78 is 24.5. The maximum absolute atomic E-state index is 11.2. The predicted octanol–water partition coefficient (Wildman–Crippen LogP) is -0.162. The monoisotopic (exact) mass is 253 g/mol. The van der Waals surface area contributed by atoms with Gasteiger partial charge in [-0.05, 0) is 0 Å². The zero-order chi connectivity index (χ0) is 12.8. The Balaban J connectivity index is 3.88. The van der Waals surface area contributed by atoms with E-state index < -0.39 is 13.8 Å². The number of carbonyl (C=O) groups excluding carboxylic acids is 1. The van der Waals surface area contributed by atoms with Gasteiger partial charge in [-0.2, -0.15) is 4.65 Å². The number of hydrogen-bond acceptors (Lipinski definition) is 6. The number of hydroxylamine groups is 3. The Morgan fingerprint density at radius 1 is 1.44 bits per heavy atom. The van der Waals surface area contributed by atoms with Crippen LogP contribution in [0.1, 0.15) is 0 Å². The van der Waals surface area contributed by atoms with E-state index in [0.717, 1.165) is 6.08 Å². The number of phosphoric ester groups is 1. The van der Waals surface area contributed by atoms with Crippen LogP contribution in [0.25, 0.3) is 0 Å². The highest BCUT2D eigenvalue weighted by atomic mass is 31.2. The summed E-state index contributed by atoms with van der Waals surface area (Å²) in [6.45, 7) is 2.70. The smallest absolute Gasteiger partial charge is 0.330 e. The van der Waals surface area contributed by atoms with Crippen molar-refractivity contribution in [3.8, 4) is 0 Å². The molecule has 0 aromatic carbocycles. The molecule has 0 spiro atoms. The van der Waals surface area contributed by atoms with E-state index in [1.807, 2.05) is 0 Å². The van der Waals surface area contributed by atoms with E-state index in [0.29, 0.717) is 0 Å². The lowest BCUT2D eigenvalue weighted by molar-refractivity contribution is -1.04. The standard InChI is InChI=1S/C8H16NO6P/c1-5-8(10)13-6-7-14-16(11,12)15-9(2,3)4/h5H,1,6-7H2,2-4H3. The summed E-state index contributed by atoms with van der Waals surface area (Å²) in [5.74, 6) is -0.642. The van der Waals surface area contributed by atoms with E-state index in [1.54, 1.807) is 0 Å². The highest BCUT2D eigenvalue weighted by Gasteiger charge is 2.21. The summed E-state index contributed by atoms with van der Waals surface area (Å²) in [4.78, 5) is 21.8. The van der Waals surface area contributed by atoms with Crippen molar-refractivity contribution < 1.29 is 32.8 Å². The first-order chi connectivity index (χ1) is 7.16. The van der Waals surface area contributed by atoms with Crippen LogP contribution in [0.4, 0.5) is 0 Å². The van der Waals surface area contributed by atoms with Gasteiger partial charge in [-0.25, -0.2) is 4.79 Å². The second kappa shape index (κ2) is 6.12. The summed E-state index contributed by atoms with van der Waals surface area (Å²) in [7, 11) is 0.181. The first-order valence-electron chi connectivity index (χ1n) is 4.44. The third kappa shape index (κ3) is 8.58. The van der Waals surface area contributed by atoms with Gasteiger partial charge < -0.3 is 14.2 Å². The Bertz CT molecular complexity index is 297. The van der Waals surface area contributed by atoms with Crippen LogP contribution in [-0.2, 0) is 23.2 Å². The van der Waals surface area contributed by atoms with Crippen molar-refractivity contribution in [2.24, 2.45) is 0 Å². The predicted molar refractivity (Wildman–Crippen MR) is 53.8 cm³/mol. The molecular formula is C8H16NO6P. The molecule has 0 aromatic heterocycles. The van der Waals surface area contributed by atoms with Crippen molar-refractivity contribution in [2.75, 3.05) is 34.4 Å². The summed E-state index contributed by atoms with van der Waals surface area (Å²) in [6, 6.07) is 0. The van der Waals surface area contributed by atoms with E-state index in [1.165, 1.54) is 21.1 Å². The molecule has 0 radical (unpaired) electrons. The maximum atomic E-state index is 11.2. The Kier molecular flexibility index (Phi) is 5.85. The zero-order valence-corrected chi connectivity index (χ0v) is 10.4. The number of hydrogen-bond donors (Lipinski definition) is 0. The largest absolute Gasteiger partial charge is 0.752 e. The van der Waals surface area contributed by atoms with Gasteiger partial charge in [-0.15, -0.1) is 4.62 Å². The molecule has 0 aromatic rings. The van der Waals surface area contributed by atoms with Crippen molar-refractivity contribution in [2.45, 2.75) is 0 Å². The number of carbonyl (C=O) groups is 1. The molecule has 0 aliphatic rings. The fraction of sp³-hybridized carbons (Fsp3) is 0.625.